The number of benzene rings is 1. The van der Waals surface area contributed by atoms with Crippen molar-refractivity contribution in [3.05, 3.63) is 47.5 Å². The Balaban J connectivity index is 1.85. The predicted octanol–water partition coefficient (Wildman–Crippen LogP) is 2.99. The van der Waals surface area contributed by atoms with Gasteiger partial charge in [0.15, 0.2) is 0 Å². The van der Waals surface area contributed by atoms with Crippen molar-refractivity contribution in [3.8, 4) is 5.75 Å². The first-order valence-corrected chi connectivity index (χ1v) is 6.84. The van der Waals surface area contributed by atoms with Gasteiger partial charge in [0, 0.05) is 30.3 Å². The van der Waals surface area contributed by atoms with Gasteiger partial charge in [-0.05, 0) is 24.6 Å². The van der Waals surface area contributed by atoms with Crippen LogP contribution in [0.15, 0.2) is 30.6 Å². The second kappa shape index (κ2) is 5.25. The third kappa shape index (κ3) is 2.41. The van der Waals surface area contributed by atoms with E-state index in [1.165, 1.54) is 12.1 Å². The molecule has 2 atom stereocenters. The van der Waals surface area contributed by atoms with Crippen molar-refractivity contribution in [2.24, 2.45) is 0 Å². The molecule has 1 unspecified atom stereocenters. The van der Waals surface area contributed by atoms with Crippen LogP contribution >= 0.6 is 0 Å². The summed E-state index contributed by atoms with van der Waals surface area (Å²) in [7, 11) is 0. The zero-order valence-electron chi connectivity index (χ0n) is 11.3. The molecule has 5 heteroatoms. The predicted molar refractivity (Wildman–Crippen MR) is 71.9 cm³/mol. The Morgan fingerprint density at radius 1 is 1.50 bits per heavy atom. The molecule has 0 amide bonds. The summed E-state index contributed by atoms with van der Waals surface area (Å²) >= 11 is 0. The Morgan fingerprint density at radius 3 is 3.15 bits per heavy atom. The highest BCUT2D eigenvalue weighted by Gasteiger charge is 2.29. The summed E-state index contributed by atoms with van der Waals surface area (Å²) < 4.78 is 20.9. The average Bonchev–Trinajstić information content (AvgIpc) is 2.88. The number of halogens is 1. The van der Waals surface area contributed by atoms with Gasteiger partial charge in [-0.3, -0.25) is 4.68 Å². The molecule has 0 bridgehead atoms. The van der Waals surface area contributed by atoms with Crippen LogP contribution in [0.5, 0.6) is 5.75 Å². The van der Waals surface area contributed by atoms with Crippen LogP contribution in [0.4, 0.5) is 4.39 Å². The number of rotatable bonds is 3. The zero-order valence-corrected chi connectivity index (χ0v) is 11.3. The summed E-state index contributed by atoms with van der Waals surface area (Å²) in [5, 5.41) is 14.4. The summed E-state index contributed by atoms with van der Waals surface area (Å²) in [4.78, 5) is 0. The van der Waals surface area contributed by atoms with Gasteiger partial charge in [0.1, 0.15) is 17.7 Å². The maximum absolute atomic E-state index is 13.2. The number of ether oxygens (including phenoxy) is 1. The third-order valence-electron chi connectivity index (χ3n) is 3.52. The number of aromatic nitrogens is 2. The largest absolute Gasteiger partial charge is 0.485 e. The Hall–Kier alpha value is -1.88. The first kappa shape index (κ1) is 13.1. The third-order valence-corrected chi connectivity index (χ3v) is 3.52. The normalized spacial score (nSPS) is 21.4. The van der Waals surface area contributed by atoms with Crippen LogP contribution in [-0.2, 0) is 6.54 Å². The molecule has 3 rings (SSSR count). The lowest BCUT2D eigenvalue weighted by atomic mass is 9.96. The highest BCUT2D eigenvalue weighted by Crippen LogP contribution is 2.40. The van der Waals surface area contributed by atoms with E-state index >= 15 is 0 Å². The molecule has 0 aliphatic carbocycles. The number of aliphatic hydroxyl groups is 1. The number of hydrogen-bond donors (Lipinski definition) is 1. The van der Waals surface area contributed by atoms with Crippen molar-refractivity contribution in [2.45, 2.75) is 38.5 Å². The smallest absolute Gasteiger partial charge is 0.130 e. The molecular formula is C15H17FN2O2. The Labute approximate surface area is 116 Å². The van der Waals surface area contributed by atoms with Crippen LogP contribution in [0, 0.1) is 5.82 Å². The van der Waals surface area contributed by atoms with Gasteiger partial charge in [-0.2, -0.15) is 5.10 Å². The van der Waals surface area contributed by atoms with E-state index in [-0.39, 0.29) is 11.9 Å². The maximum Gasteiger partial charge on any atom is 0.130 e. The number of hydrogen-bond acceptors (Lipinski definition) is 3. The molecule has 1 aliphatic heterocycles. The zero-order chi connectivity index (χ0) is 14.1. The van der Waals surface area contributed by atoms with Crippen LogP contribution in [0.2, 0.25) is 0 Å². The minimum absolute atomic E-state index is 0.242. The molecule has 1 aromatic carbocycles. The first-order chi connectivity index (χ1) is 9.67. The van der Waals surface area contributed by atoms with E-state index in [1.807, 2.05) is 10.9 Å². The molecule has 1 N–H and O–H groups in total. The summed E-state index contributed by atoms with van der Waals surface area (Å²) in [6.45, 7) is 2.95. The van der Waals surface area contributed by atoms with Crippen molar-refractivity contribution >= 4 is 0 Å². The quantitative estimate of drug-likeness (QED) is 0.937. The van der Waals surface area contributed by atoms with Gasteiger partial charge in [-0.25, -0.2) is 4.39 Å². The second-order valence-corrected chi connectivity index (χ2v) is 5.08. The monoisotopic (exact) mass is 276 g/mol. The van der Waals surface area contributed by atoms with E-state index in [1.54, 1.807) is 12.3 Å². The van der Waals surface area contributed by atoms with Gasteiger partial charge in [0.25, 0.3) is 0 Å². The van der Waals surface area contributed by atoms with Crippen molar-refractivity contribution in [1.82, 2.24) is 9.78 Å². The molecule has 2 aromatic rings. The van der Waals surface area contributed by atoms with Gasteiger partial charge in [0.05, 0.1) is 12.3 Å². The van der Waals surface area contributed by atoms with E-state index in [2.05, 4.69) is 12.0 Å². The van der Waals surface area contributed by atoms with Gasteiger partial charge in [0.2, 0.25) is 0 Å². The fourth-order valence-electron chi connectivity index (χ4n) is 2.52. The van der Waals surface area contributed by atoms with Crippen LogP contribution < -0.4 is 4.74 Å². The molecule has 1 aromatic heterocycles. The number of aryl methyl sites for hydroxylation is 1. The van der Waals surface area contributed by atoms with Crippen LogP contribution in [-0.4, -0.2) is 14.9 Å². The first-order valence-electron chi connectivity index (χ1n) is 6.84. The van der Waals surface area contributed by atoms with Gasteiger partial charge in [-0.15, -0.1) is 0 Å². The van der Waals surface area contributed by atoms with Gasteiger partial charge >= 0.3 is 0 Å². The Kier molecular flexibility index (Phi) is 3.44. The number of fused-ring (bicyclic) bond motifs is 1. The molecule has 2 heterocycles. The molecular weight excluding hydrogens is 259 g/mol. The molecule has 0 saturated heterocycles. The van der Waals surface area contributed by atoms with Crippen LogP contribution in [0.25, 0.3) is 0 Å². The highest BCUT2D eigenvalue weighted by atomic mass is 19.1. The fraction of sp³-hybridized carbons (Fsp3) is 0.400. The summed E-state index contributed by atoms with van der Waals surface area (Å²) in [5.74, 6) is 0.180. The molecule has 0 spiro atoms. The minimum Gasteiger partial charge on any atom is -0.485 e. The fourth-order valence-corrected chi connectivity index (χ4v) is 2.52. The van der Waals surface area contributed by atoms with Crippen molar-refractivity contribution in [2.75, 3.05) is 0 Å². The lowest BCUT2D eigenvalue weighted by Gasteiger charge is -2.29. The maximum atomic E-state index is 13.2. The van der Waals surface area contributed by atoms with Gasteiger partial charge < -0.3 is 9.84 Å². The Morgan fingerprint density at radius 2 is 2.35 bits per heavy atom. The van der Waals surface area contributed by atoms with E-state index < -0.39 is 6.10 Å². The molecule has 4 nitrogen and oxygen atoms in total. The molecule has 0 radical (unpaired) electrons. The summed E-state index contributed by atoms with van der Waals surface area (Å²) in [5.41, 5.74) is 1.45. The lowest BCUT2D eigenvalue weighted by molar-refractivity contribution is 0.0653. The minimum atomic E-state index is -0.714. The molecule has 20 heavy (non-hydrogen) atoms. The second-order valence-electron chi connectivity index (χ2n) is 5.08. The van der Waals surface area contributed by atoms with E-state index in [0.717, 1.165) is 18.5 Å². The lowest BCUT2D eigenvalue weighted by Crippen LogP contribution is -2.18. The summed E-state index contributed by atoms with van der Waals surface area (Å²) in [6, 6.07) is 4.24. The average molecular weight is 276 g/mol. The summed E-state index contributed by atoms with van der Waals surface area (Å²) in [6.07, 6.45) is 4.17. The van der Waals surface area contributed by atoms with Crippen LogP contribution in [0.1, 0.15) is 43.1 Å². The topological polar surface area (TPSA) is 47.3 Å². The standard InChI is InChI=1S/C15H17FN2O2/c1-2-5-18-9-10(8-17-18)15-7-13(19)12-6-11(16)3-4-14(12)20-15/h3-4,6,8-9,13,15,19H,2,5,7H2,1H3/t13-,15?/m0/s1. The number of nitrogens with zero attached hydrogens (tertiary/aromatic N) is 2. The van der Waals surface area contributed by atoms with E-state index in [0.29, 0.717) is 17.7 Å². The molecule has 106 valence electrons. The highest BCUT2D eigenvalue weighted by molar-refractivity contribution is 5.38. The van der Waals surface area contributed by atoms with E-state index in [4.69, 9.17) is 4.74 Å². The molecule has 0 saturated carbocycles. The van der Waals surface area contributed by atoms with Crippen molar-refractivity contribution in [1.29, 1.82) is 0 Å². The van der Waals surface area contributed by atoms with Gasteiger partial charge in [-0.1, -0.05) is 6.92 Å². The molecule has 1 aliphatic rings. The van der Waals surface area contributed by atoms with Crippen LogP contribution in [0.3, 0.4) is 0 Å². The SMILES string of the molecule is CCCn1cc(C2C[C@H](O)c3cc(F)ccc3O2)cn1. The molecule has 0 fully saturated rings. The van der Waals surface area contributed by atoms with Crippen molar-refractivity contribution < 1.29 is 14.2 Å². The number of aliphatic hydroxyl groups excluding tert-OH is 1. The van der Waals surface area contributed by atoms with Crippen molar-refractivity contribution in [3.63, 3.8) is 0 Å². The Bertz CT molecular complexity index is 612. The van der Waals surface area contributed by atoms with E-state index in [9.17, 15) is 9.50 Å².